The van der Waals surface area contributed by atoms with Crippen molar-refractivity contribution in [2.24, 2.45) is 0 Å². The number of nitrogens with two attached hydrogens (primary N) is 1. The molecule has 9 atom stereocenters. The first-order valence-electron chi connectivity index (χ1n) is 17.8. The number of carbonyl (C=O) groups excluding carboxylic acids is 1. The Labute approximate surface area is 332 Å². The Hall–Kier alpha value is -4.37. The van der Waals surface area contributed by atoms with E-state index in [1.807, 2.05) is 19.1 Å². The zero-order valence-electron chi connectivity index (χ0n) is 30.8. The van der Waals surface area contributed by atoms with Gasteiger partial charge in [0.25, 0.3) is 5.56 Å². The number of nitrogens with zero attached hydrogens (tertiary/aromatic N) is 5. The van der Waals surface area contributed by atoms with Gasteiger partial charge in [0.15, 0.2) is 23.5 Å². The zero-order valence-corrected chi connectivity index (χ0v) is 33.4. The third-order valence-electron chi connectivity index (χ3n) is 9.80. The number of ether oxygens (including phenoxy) is 3. The topological polar surface area (TPSA) is 261 Å². The first kappa shape index (κ1) is 40.4. The first-order chi connectivity index (χ1) is 27.8. The van der Waals surface area contributed by atoms with Crippen molar-refractivity contribution in [2.75, 3.05) is 26.1 Å². The zero-order chi connectivity index (χ0) is 40.8. The lowest BCUT2D eigenvalue weighted by atomic mass is 10.0. The van der Waals surface area contributed by atoms with Crippen LogP contribution in [-0.2, 0) is 47.2 Å². The largest absolute Gasteiger partial charge is 0.472 e. The highest BCUT2D eigenvalue weighted by atomic mass is 32.7. The number of nitrogens with one attached hydrogen (secondary N) is 1. The fraction of sp³-hybridized carbons (Fsp3) is 0.371. The van der Waals surface area contributed by atoms with Gasteiger partial charge >= 0.3 is 20.3 Å². The van der Waals surface area contributed by atoms with Gasteiger partial charge in [0.05, 0.1) is 19.5 Å². The van der Waals surface area contributed by atoms with Gasteiger partial charge in [-0.3, -0.25) is 41.8 Å². The van der Waals surface area contributed by atoms with Gasteiger partial charge in [0, 0.05) is 42.7 Å². The Morgan fingerprint density at radius 3 is 2.40 bits per heavy atom. The number of benzene rings is 2. The second kappa shape index (κ2) is 16.4. The maximum Gasteiger partial charge on any atom is 0.472 e. The van der Waals surface area contributed by atoms with E-state index in [0.29, 0.717) is 27.9 Å². The van der Waals surface area contributed by atoms with E-state index in [1.54, 1.807) is 41.0 Å². The number of fused-ring (bicyclic) bond motifs is 4. The van der Waals surface area contributed by atoms with Crippen molar-refractivity contribution in [2.45, 2.75) is 62.1 Å². The van der Waals surface area contributed by atoms with Gasteiger partial charge in [-0.1, -0.05) is 54.1 Å². The summed E-state index contributed by atoms with van der Waals surface area (Å²) >= 11 is 0.803. The molecule has 3 aromatic heterocycles. The summed E-state index contributed by atoms with van der Waals surface area (Å²) in [6, 6.07) is 15.1. The molecular formula is C35H37N7O13P2S. The normalized spacial score (nSPS) is 30.3. The first-order valence-corrected chi connectivity index (χ1v) is 22.4. The molecule has 0 spiro atoms. The van der Waals surface area contributed by atoms with Crippen molar-refractivity contribution in [1.29, 1.82) is 0 Å². The van der Waals surface area contributed by atoms with Crippen LogP contribution in [0.4, 0.5) is 5.82 Å². The summed E-state index contributed by atoms with van der Waals surface area (Å²) < 4.78 is 72.7. The number of imidazole rings is 1. The summed E-state index contributed by atoms with van der Waals surface area (Å²) in [5.41, 5.74) is 7.73. The standard InChI is InChI=1S/C35H37N7O13P2S/c1-19-3-7-21(8-4-19)29(44)22-9-5-20(6-10-22)16-58-57(48)51-14-24-23(13-27(52-24)42-18-39-28-32(36)37-17-38-33(28)42)54-56(46,47)50-15-25-30(49-2)31(55-57)34(53-25)41-12-11-26(43)40-35(41)45/h3-12,17-18,23-25,27,30-31,34H,13-16H2,1-2H3,(H,46,47)(H2,36,37,38)(H,40,43,45)/t23?,24-,25-,27-,30-,31-,34-,57?/m1/s1. The number of hydrogen-bond acceptors (Lipinski definition) is 17. The number of phosphoric ester groups is 1. The van der Waals surface area contributed by atoms with Crippen LogP contribution < -0.4 is 17.0 Å². The van der Waals surface area contributed by atoms with Gasteiger partial charge in [-0.15, -0.1) is 0 Å². The van der Waals surface area contributed by atoms with Crippen LogP contribution in [0.25, 0.3) is 11.2 Å². The fourth-order valence-corrected chi connectivity index (χ4v) is 11.2. The number of methoxy groups -OCH3 is 1. The molecule has 58 heavy (non-hydrogen) atoms. The van der Waals surface area contributed by atoms with Crippen LogP contribution in [0.2, 0.25) is 0 Å². The van der Waals surface area contributed by atoms with E-state index in [1.165, 1.54) is 19.8 Å². The van der Waals surface area contributed by atoms with Gasteiger partial charge in [0.1, 0.15) is 48.6 Å². The number of hydrogen-bond donors (Lipinski definition) is 3. The van der Waals surface area contributed by atoms with Gasteiger partial charge < -0.3 is 24.8 Å². The quantitative estimate of drug-likeness (QED) is 0.149. The lowest BCUT2D eigenvalue weighted by molar-refractivity contribution is -0.0653. The molecule has 4 N–H and O–H groups in total. The number of phosphoric acid groups is 1. The molecule has 0 radical (unpaired) electrons. The number of nitrogen functional groups attached to an aromatic ring is 1. The van der Waals surface area contributed by atoms with Crippen molar-refractivity contribution in [1.82, 2.24) is 29.1 Å². The third-order valence-corrected chi connectivity index (χ3v) is 14.5. The average molecular weight is 858 g/mol. The summed E-state index contributed by atoms with van der Waals surface area (Å²) in [6.07, 6.45) is -4.43. The van der Waals surface area contributed by atoms with E-state index >= 15 is 4.57 Å². The highest BCUT2D eigenvalue weighted by Gasteiger charge is 2.53. The second-order valence-electron chi connectivity index (χ2n) is 13.6. The number of aromatic nitrogens is 6. The number of carbonyl (C=O) groups is 1. The molecule has 3 saturated heterocycles. The van der Waals surface area contributed by atoms with Crippen molar-refractivity contribution in [3.63, 3.8) is 0 Å². The maximum atomic E-state index is 15.0. The summed E-state index contributed by atoms with van der Waals surface area (Å²) in [5, 5.41) is 0. The van der Waals surface area contributed by atoms with Gasteiger partial charge in [-0.2, -0.15) is 0 Å². The summed E-state index contributed by atoms with van der Waals surface area (Å²) in [5.74, 6) is 0.0224. The molecule has 20 nitrogen and oxygen atoms in total. The van der Waals surface area contributed by atoms with E-state index in [-0.39, 0.29) is 23.8 Å². The van der Waals surface area contributed by atoms with Crippen molar-refractivity contribution in [3.05, 3.63) is 117 Å². The fourth-order valence-electron chi connectivity index (χ4n) is 6.86. The van der Waals surface area contributed by atoms with E-state index in [4.69, 9.17) is 38.0 Å². The van der Waals surface area contributed by atoms with E-state index in [0.717, 1.165) is 33.8 Å². The van der Waals surface area contributed by atoms with Gasteiger partial charge in [-0.25, -0.2) is 28.9 Å². The van der Waals surface area contributed by atoms with Crippen LogP contribution >= 0.6 is 26.0 Å². The lowest BCUT2D eigenvalue weighted by Crippen LogP contribution is -2.39. The Morgan fingerprint density at radius 2 is 1.67 bits per heavy atom. The van der Waals surface area contributed by atoms with Gasteiger partial charge in [0.2, 0.25) is 0 Å². The lowest BCUT2D eigenvalue weighted by Gasteiger charge is -2.28. The van der Waals surface area contributed by atoms with Crippen molar-refractivity contribution >= 4 is 48.8 Å². The van der Waals surface area contributed by atoms with Crippen molar-refractivity contribution in [3.8, 4) is 0 Å². The van der Waals surface area contributed by atoms with Crippen LogP contribution in [0, 0.1) is 6.92 Å². The highest BCUT2D eigenvalue weighted by molar-refractivity contribution is 8.54. The molecule has 2 bridgehead atoms. The Morgan fingerprint density at radius 1 is 0.948 bits per heavy atom. The molecule has 23 heteroatoms. The summed E-state index contributed by atoms with van der Waals surface area (Å²) in [6.45, 7) is -3.53. The predicted octanol–water partition coefficient (Wildman–Crippen LogP) is 3.66. The molecule has 3 fully saturated rings. The molecule has 0 saturated carbocycles. The number of aromatic amines is 1. The third kappa shape index (κ3) is 8.39. The number of anilines is 1. The Balaban J connectivity index is 1.11. The summed E-state index contributed by atoms with van der Waals surface area (Å²) in [4.78, 5) is 63.7. The van der Waals surface area contributed by atoms with Crippen molar-refractivity contribution < 1.29 is 51.1 Å². The summed E-state index contributed by atoms with van der Waals surface area (Å²) in [7, 11) is -3.57. The minimum Gasteiger partial charge on any atom is -0.382 e. The number of rotatable bonds is 8. The highest BCUT2D eigenvalue weighted by Crippen LogP contribution is 2.65. The number of ketones is 1. The average Bonchev–Trinajstić information content (AvgIpc) is 3.91. The number of H-pyrrole nitrogens is 1. The molecule has 3 aliphatic heterocycles. The monoisotopic (exact) mass is 857 g/mol. The Kier molecular flexibility index (Phi) is 11.4. The molecule has 5 aromatic rings. The molecule has 6 heterocycles. The molecule has 0 aliphatic carbocycles. The molecule has 2 aromatic carbocycles. The van der Waals surface area contributed by atoms with Crippen LogP contribution in [0.15, 0.2) is 83.0 Å². The molecule has 306 valence electrons. The van der Waals surface area contributed by atoms with E-state index < -0.39 is 82.1 Å². The number of aryl methyl sites for hydroxylation is 1. The molecular weight excluding hydrogens is 820 g/mol. The predicted molar refractivity (Wildman–Crippen MR) is 206 cm³/mol. The molecule has 3 aliphatic rings. The minimum atomic E-state index is -4.87. The molecule has 0 amide bonds. The van der Waals surface area contributed by atoms with Crippen LogP contribution in [-0.4, -0.2) is 90.6 Å². The van der Waals surface area contributed by atoms with Gasteiger partial charge in [-0.05, 0) is 23.9 Å². The SMILES string of the molecule is CO[C@H]1[C@H]2OP(=O)(SCc3ccc(C(=O)c4ccc(C)cc4)cc3)OC[C@H]3O[C@@H](n4cnc5c(N)ncnc54)CC3OP(=O)(O)OC[C@H]1O[C@H]2n1ccc(=O)[nH]c1=O. The van der Waals surface area contributed by atoms with E-state index in [2.05, 4.69) is 19.9 Å². The maximum absolute atomic E-state index is 15.0. The van der Waals surface area contributed by atoms with E-state index in [9.17, 15) is 23.8 Å². The van der Waals surface area contributed by atoms with Crippen LogP contribution in [0.1, 0.15) is 45.9 Å². The Bertz CT molecular complexity index is 2540. The van der Waals surface area contributed by atoms with Crippen LogP contribution in [0.3, 0.4) is 0 Å². The minimum absolute atomic E-state index is 0.0241. The smallest absolute Gasteiger partial charge is 0.382 e. The van der Waals surface area contributed by atoms with Crippen LogP contribution in [0.5, 0.6) is 0 Å². The second-order valence-corrected chi connectivity index (χ2v) is 19.1. The molecule has 8 rings (SSSR count). The molecule has 3 unspecified atom stereocenters.